The Labute approximate surface area is 148 Å². The second kappa shape index (κ2) is 8.13. The monoisotopic (exact) mass is 362 g/mol. The van der Waals surface area contributed by atoms with Crippen LogP contribution in [0.15, 0.2) is 59.5 Å². The zero-order valence-electron chi connectivity index (χ0n) is 14.2. The Morgan fingerprint density at radius 1 is 1.04 bits per heavy atom. The van der Waals surface area contributed by atoms with Gasteiger partial charge in [-0.25, -0.2) is 13.1 Å². The molecular weight excluding hydrogens is 340 g/mol. The molecule has 0 saturated carbocycles. The highest BCUT2D eigenvalue weighted by Gasteiger charge is 2.22. The van der Waals surface area contributed by atoms with Crippen molar-refractivity contribution in [2.24, 2.45) is 11.7 Å². The number of benzene rings is 2. The molecule has 2 aromatic rings. The lowest BCUT2D eigenvalue weighted by Gasteiger charge is -2.14. The summed E-state index contributed by atoms with van der Waals surface area (Å²) in [6.07, 6.45) is 0.408. The third-order valence-corrected chi connectivity index (χ3v) is 4.77. The minimum absolute atomic E-state index is 0.0296. The van der Waals surface area contributed by atoms with Gasteiger partial charge >= 0.3 is 0 Å². The van der Waals surface area contributed by atoms with Crippen molar-refractivity contribution in [1.82, 2.24) is 4.72 Å². The SMILES string of the molecule is CC(C)C[C@H](N)C(=O)NS(=O)(=O)c1ccc(Oc2ccccc2)cc1. The average molecular weight is 362 g/mol. The van der Waals surface area contributed by atoms with E-state index in [0.29, 0.717) is 17.9 Å². The van der Waals surface area contributed by atoms with E-state index in [1.54, 1.807) is 12.1 Å². The van der Waals surface area contributed by atoms with Crippen LogP contribution >= 0.6 is 0 Å². The molecule has 2 aromatic carbocycles. The van der Waals surface area contributed by atoms with E-state index in [9.17, 15) is 13.2 Å². The van der Waals surface area contributed by atoms with E-state index in [2.05, 4.69) is 0 Å². The minimum Gasteiger partial charge on any atom is -0.457 e. The lowest BCUT2D eigenvalue weighted by molar-refractivity contribution is -0.120. The van der Waals surface area contributed by atoms with Crippen molar-refractivity contribution in [2.45, 2.75) is 31.2 Å². The van der Waals surface area contributed by atoms with Crippen LogP contribution in [0.25, 0.3) is 0 Å². The summed E-state index contributed by atoms with van der Waals surface area (Å²) < 4.78 is 32.2. The van der Waals surface area contributed by atoms with E-state index in [1.165, 1.54) is 24.3 Å². The number of nitrogens with one attached hydrogen (secondary N) is 1. The van der Waals surface area contributed by atoms with E-state index < -0.39 is 22.0 Å². The number of rotatable bonds is 7. The summed E-state index contributed by atoms with van der Waals surface area (Å²) >= 11 is 0. The highest BCUT2D eigenvalue weighted by Crippen LogP contribution is 2.22. The first kappa shape index (κ1) is 19.0. The van der Waals surface area contributed by atoms with Crippen molar-refractivity contribution in [2.75, 3.05) is 0 Å². The number of hydrogen-bond donors (Lipinski definition) is 2. The normalized spacial score (nSPS) is 12.6. The maximum atomic E-state index is 12.3. The molecule has 0 spiro atoms. The Morgan fingerprint density at radius 3 is 2.16 bits per heavy atom. The molecule has 134 valence electrons. The van der Waals surface area contributed by atoms with Gasteiger partial charge in [-0.1, -0.05) is 32.0 Å². The Kier molecular flexibility index (Phi) is 6.17. The van der Waals surface area contributed by atoms with Crippen LogP contribution in [-0.4, -0.2) is 20.4 Å². The van der Waals surface area contributed by atoms with E-state index in [0.717, 1.165) is 0 Å². The fraction of sp³-hybridized carbons (Fsp3) is 0.278. The second-order valence-corrected chi connectivity index (χ2v) is 7.77. The predicted octanol–water partition coefficient (Wildman–Crippen LogP) is 2.66. The van der Waals surface area contributed by atoms with Gasteiger partial charge in [0.1, 0.15) is 11.5 Å². The smallest absolute Gasteiger partial charge is 0.264 e. The first-order valence-electron chi connectivity index (χ1n) is 7.93. The van der Waals surface area contributed by atoms with Gasteiger partial charge in [-0.3, -0.25) is 4.79 Å². The molecule has 0 aliphatic carbocycles. The van der Waals surface area contributed by atoms with E-state index in [4.69, 9.17) is 10.5 Å². The Hall–Kier alpha value is -2.38. The fourth-order valence-corrected chi connectivity index (χ4v) is 3.22. The van der Waals surface area contributed by atoms with Crippen LogP contribution in [0.2, 0.25) is 0 Å². The van der Waals surface area contributed by atoms with Crippen LogP contribution in [0.1, 0.15) is 20.3 Å². The van der Waals surface area contributed by atoms with Crippen LogP contribution in [0, 0.1) is 5.92 Å². The lowest BCUT2D eigenvalue weighted by Crippen LogP contribution is -2.43. The molecule has 0 bridgehead atoms. The molecular formula is C18H22N2O4S. The van der Waals surface area contributed by atoms with Crippen molar-refractivity contribution in [3.05, 3.63) is 54.6 Å². The van der Waals surface area contributed by atoms with Crippen molar-refractivity contribution in [3.8, 4) is 11.5 Å². The minimum atomic E-state index is -3.97. The van der Waals surface area contributed by atoms with Crippen LogP contribution in [0.4, 0.5) is 0 Å². The van der Waals surface area contributed by atoms with Gasteiger partial charge in [0.2, 0.25) is 0 Å². The summed E-state index contributed by atoms with van der Waals surface area (Å²) in [5.41, 5.74) is 5.72. The fourth-order valence-electron chi connectivity index (χ4n) is 2.19. The van der Waals surface area contributed by atoms with Crippen molar-refractivity contribution < 1.29 is 17.9 Å². The lowest BCUT2D eigenvalue weighted by atomic mass is 10.0. The molecule has 0 fully saturated rings. The number of sulfonamides is 1. The highest BCUT2D eigenvalue weighted by atomic mass is 32.2. The maximum Gasteiger partial charge on any atom is 0.264 e. The van der Waals surface area contributed by atoms with Gasteiger partial charge in [-0.15, -0.1) is 0 Å². The molecule has 25 heavy (non-hydrogen) atoms. The Bertz CT molecular complexity index is 803. The summed E-state index contributed by atoms with van der Waals surface area (Å²) in [7, 11) is -3.97. The summed E-state index contributed by atoms with van der Waals surface area (Å²) in [6.45, 7) is 3.82. The number of ether oxygens (including phenoxy) is 1. The number of hydrogen-bond acceptors (Lipinski definition) is 5. The molecule has 3 N–H and O–H groups in total. The molecule has 0 aromatic heterocycles. The largest absolute Gasteiger partial charge is 0.457 e. The number of nitrogens with two attached hydrogens (primary N) is 1. The Balaban J connectivity index is 2.06. The molecule has 0 aliphatic heterocycles. The zero-order chi connectivity index (χ0) is 18.4. The quantitative estimate of drug-likeness (QED) is 0.789. The number of amides is 1. The molecule has 0 unspecified atom stereocenters. The zero-order valence-corrected chi connectivity index (χ0v) is 15.0. The standard InChI is InChI=1S/C18H22N2O4S/c1-13(2)12-17(19)18(21)20-25(22,23)16-10-8-15(9-11-16)24-14-6-4-3-5-7-14/h3-11,13,17H,12,19H2,1-2H3,(H,20,21)/t17-/m0/s1. The van der Waals surface area contributed by atoms with Gasteiger partial charge in [-0.05, 0) is 48.7 Å². The molecule has 1 atom stereocenters. The average Bonchev–Trinajstić information content (AvgIpc) is 2.55. The first-order chi connectivity index (χ1) is 11.8. The van der Waals surface area contributed by atoms with Crippen molar-refractivity contribution in [3.63, 3.8) is 0 Å². The number of para-hydroxylation sites is 1. The van der Waals surface area contributed by atoms with Gasteiger partial charge in [0.25, 0.3) is 15.9 Å². The molecule has 7 heteroatoms. The van der Waals surface area contributed by atoms with Crippen LogP contribution in [-0.2, 0) is 14.8 Å². The predicted molar refractivity (Wildman–Crippen MR) is 95.7 cm³/mol. The molecule has 6 nitrogen and oxygen atoms in total. The van der Waals surface area contributed by atoms with Crippen LogP contribution in [0.5, 0.6) is 11.5 Å². The molecule has 1 amide bonds. The third-order valence-electron chi connectivity index (χ3n) is 3.41. The van der Waals surface area contributed by atoms with E-state index >= 15 is 0 Å². The molecule has 0 radical (unpaired) electrons. The molecule has 2 rings (SSSR count). The maximum absolute atomic E-state index is 12.3. The summed E-state index contributed by atoms with van der Waals surface area (Å²) in [4.78, 5) is 11.9. The molecule has 0 saturated heterocycles. The number of carbonyl (C=O) groups excluding carboxylic acids is 1. The van der Waals surface area contributed by atoms with Crippen LogP contribution in [0.3, 0.4) is 0 Å². The van der Waals surface area contributed by atoms with Crippen LogP contribution < -0.4 is 15.2 Å². The highest BCUT2D eigenvalue weighted by molar-refractivity contribution is 7.90. The van der Waals surface area contributed by atoms with Crippen molar-refractivity contribution >= 4 is 15.9 Å². The first-order valence-corrected chi connectivity index (χ1v) is 9.41. The van der Waals surface area contributed by atoms with Gasteiger partial charge < -0.3 is 10.5 Å². The van der Waals surface area contributed by atoms with Gasteiger partial charge in [0.15, 0.2) is 0 Å². The van der Waals surface area contributed by atoms with Gasteiger partial charge in [0, 0.05) is 0 Å². The second-order valence-electron chi connectivity index (χ2n) is 6.09. The number of carbonyl (C=O) groups is 1. The Morgan fingerprint density at radius 2 is 1.60 bits per heavy atom. The van der Waals surface area contributed by atoms with Crippen molar-refractivity contribution in [1.29, 1.82) is 0 Å². The topological polar surface area (TPSA) is 98.5 Å². The third kappa shape index (κ3) is 5.58. The summed E-state index contributed by atoms with van der Waals surface area (Å²) in [5.74, 6) is 0.621. The molecule has 0 aliphatic rings. The summed E-state index contributed by atoms with van der Waals surface area (Å²) in [6, 6.07) is 14.1. The van der Waals surface area contributed by atoms with E-state index in [-0.39, 0.29) is 10.8 Å². The van der Waals surface area contributed by atoms with Gasteiger partial charge in [0.05, 0.1) is 10.9 Å². The summed E-state index contributed by atoms with van der Waals surface area (Å²) in [5, 5.41) is 0. The van der Waals surface area contributed by atoms with Gasteiger partial charge in [-0.2, -0.15) is 0 Å². The molecule has 0 heterocycles. The van der Waals surface area contributed by atoms with E-state index in [1.807, 2.05) is 36.8 Å².